The summed E-state index contributed by atoms with van der Waals surface area (Å²) in [4.78, 5) is 29.5. The van der Waals surface area contributed by atoms with Crippen LogP contribution in [0.1, 0.15) is 39.0 Å². The number of methoxy groups -OCH3 is 3. The van der Waals surface area contributed by atoms with Gasteiger partial charge in [-0.05, 0) is 53.1 Å². The summed E-state index contributed by atoms with van der Waals surface area (Å²) >= 11 is 0. The van der Waals surface area contributed by atoms with Crippen LogP contribution in [0.3, 0.4) is 0 Å². The lowest BCUT2D eigenvalue weighted by molar-refractivity contribution is -0.141. The summed E-state index contributed by atoms with van der Waals surface area (Å²) in [6.45, 7) is 0.283. The number of cyclic esters (lactones) is 1. The molecule has 1 saturated heterocycles. The Balaban J connectivity index is 1.49. The molecule has 2 aliphatic heterocycles. The Kier molecular flexibility index (Phi) is 6.05. The number of benzene rings is 2. The number of hydrogen-bond acceptors (Lipinski definition) is 11. The molecule has 0 unspecified atom stereocenters. The van der Waals surface area contributed by atoms with Crippen LogP contribution in [0.4, 0.5) is 5.82 Å². The summed E-state index contributed by atoms with van der Waals surface area (Å²) in [5.41, 5.74) is 2.75. The highest BCUT2D eigenvalue weighted by Crippen LogP contribution is 2.56. The number of esters is 2. The minimum absolute atomic E-state index is 0.0906. The molecule has 1 aromatic heterocycles. The van der Waals surface area contributed by atoms with E-state index in [9.17, 15) is 14.7 Å². The standard InChI is InChI=1S/C28H26N2O9/c1-34-20-6-14(7-21(35-2)26(20)31)23-15-8-18-19(39-12-38-18)9-16(15)25(17-11-37-28(33)24(17)23)30-22-5-4-13(10-29-22)27(32)36-3/h4-10,17,23-25,31H,11-12H2,1-3H3,(H,29,30)/t17-,23+,24-,25+/m0/s1. The minimum Gasteiger partial charge on any atom is -0.502 e. The summed E-state index contributed by atoms with van der Waals surface area (Å²) < 4.78 is 32.6. The van der Waals surface area contributed by atoms with Crippen LogP contribution in [0.5, 0.6) is 28.7 Å². The largest absolute Gasteiger partial charge is 0.502 e. The number of rotatable bonds is 6. The van der Waals surface area contributed by atoms with E-state index in [1.807, 2.05) is 12.1 Å². The molecule has 0 saturated carbocycles. The zero-order chi connectivity index (χ0) is 27.3. The summed E-state index contributed by atoms with van der Waals surface area (Å²) in [6.07, 6.45) is 1.43. The van der Waals surface area contributed by atoms with Crippen LogP contribution in [0.15, 0.2) is 42.6 Å². The number of anilines is 1. The molecule has 3 heterocycles. The van der Waals surface area contributed by atoms with Crippen LogP contribution >= 0.6 is 0 Å². The Hall–Kier alpha value is -4.67. The number of fused-ring (bicyclic) bond motifs is 3. The normalized spacial score (nSPS) is 22.4. The van der Waals surface area contributed by atoms with Gasteiger partial charge in [0.1, 0.15) is 5.82 Å². The zero-order valence-corrected chi connectivity index (χ0v) is 21.4. The quantitative estimate of drug-likeness (QED) is 0.451. The monoisotopic (exact) mass is 534 g/mol. The van der Waals surface area contributed by atoms with Crippen molar-refractivity contribution in [3.8, 4) is 28.7 Å². The van der Waals surface area contributed by atoms with Gasteiger partial charge in [-0.1, -0.05) is 0 Å². The Bertz CT molecular complexity index is 1430. The molecule has 11 heteroatoms. The maximum absolute atomic E-state index is 13.3. The third kappa shape index (κ3) is 4.01. The summed E-state index contributed by atoms with van der Waals surface area (Å²) in [5, 5.41) is 14.0. The van der Waals surface area contributed by atoms with Gasteiger partial charge in [-0.15, -0.1) is 0 Å². The van der Waals surface area contributed by atoms with E-state index >= 15 is 0 Å². The van der Waals surface area contributed by atoms with Crippen LogP contribution in [-0.2, 0) is 14.3 Å². The fourth-order valence-corrected chi connectivity index (χ4v) is 5.72. The first kappa shape index (κ1) is 24.7. The van der Waals surface area contributed by atoms with Crippen molar-refractivity contribution in [3.05, 3.63) is 64.8 Å². The van der Waals surface area contributed by atoms with E-state index < -0.39 is 17.8 Å². The van der Waals surface area contributed by atoms with Gasteiger partial charge in [0.25, 0.3) is 0 Å². The van der Waals surface area contributed by atoms with Crippen LogP contribution < -0.4 is 24.3 Å². The minimum atomic E-state index is -0.566. The van der Waals surface area contributed by atoms with Crippen molar-refractivity contribution in [2.24, 2.45) is 11.8 Å². The van der Waals surface area contributed by atoms with Crippen molar-refractivity contribution in [2.45, 2.75) is 12.0 Å². The Morgan fingerprint density at radius 3 is 2.31 bits per heavy atom. The van der Waals surface area contributed by atoms with E-state index in [-0.39, 0.29) is 48.6 Å². The van der Waals surface area contributed by atoms with Gasteiger partial charge >= 0.3 is 11.9 Å². The predicted molar refractivity (Wildman–Crippen MR) is 135 cm³/mol. The first-order valence-corrected chi connectivity index (χ1v) is 12.3. The highest BCUT2D eigenvalue weighted by Gasteiger charge is 2.52. The Morgan fingerprint density at radius 2 is 1.69 bits per heavy atom. The lowest BCUT2D eigenvalue weighted by Gasteiger charge is -2.39. The molecule has 4 atom stereocenters. The first-order valence-electron chi connectivity index (χ1n) is 12.3. The number of hydrogen-bond donors (Lipinski definition) is 2. The molecule has 1 fully saturated rings. The maximum atomic E-state index is 13.3. The molecule has 0 amide bonds. The molecule has 39 heavy (non-hydrogen) atoms. The fourth-order valence-electron chi connectivity index (χ4n) is 5.72. The van der Waals surface area contributed by atoms with E-state index in [0.717, 1.165) is 16.7 Å². The number of ether oxygens (including phenoxy) is 6. The first-order chi connectivity index (χ1) is 18.9. The van der Waals surface area contributed by atoms with Gasteiger partial charge in [0.2, 0.25) is 12.5 Å². The number of aromatic nitrogens is 1. The van der Waals surface area contributed by atoms with E-state index in [1.165, 1.54) is 27.5 Å². The van der Waals surface area contributed by atoms with E-state index in [4.69, 9.17) is 28.4 Å². The number of nitrogens with zero attached hydrogens (tertiary/aromatic N) is 1. The number of carbonyl (C=O) groups excluding carboxylic acids is 2. The average molecular weight is 535 g/mol. The van der Waals surface area contributed by atoms with Gasteiger partial charge in [0, 0.05) is 18.0 Å². The summed E-state index contributed by atoms with van der Waals surface area (Å²) in [5.74, 6) is -0.106. The molecule has 6 rings (SSSR count). The number of phenolic OH excluding ortho intramolecular Hbond substituents is 1. The van der Waals surface area contributed by atoms with Crippen molar-refractivity contribution in [1.29, 1.82) is 0 Å². The van der Waals surface area contributed by atoms with Crippen molar-refractivity contribution in [2.75, 3.05) is 40.0 Å². The summed E-state index contributed by atoms with van der Waals surface area (Å²) in [7, 11) is 4.22. The fraction of sp³-hybridized carbons (Fsp3) is 0.321. The molecule has 2 N–H and O–H groups in total. The third-order valence-corrected chi connectivity index (χ3v) is 7.54. The predicted octanol–water partition coefficient (Wildman–Crippen LogP) is 3.41. The molecule has 0 radical (unpaired) electrons. The maximum Gasteiger partial charge on any atom is 0.339 e. The summed E-state index contributed by atoms with van der Waals surface area (Å²) in [6, 6.07) is 10.2. The number of pyridine rings is 1. The van der Waals surface area contributed by atoms with E-state index in [0.29, 0.717) is 22.9 Å². The van der Waals surface area contributed by atoms with Crippen LogP contribution in [0.2, 0.25) is 0 Å². The third-order valence-electron chi connectivity index (χ3n) is 7.54. The van der Waals surface area contributed by atoms with Crippen molar-refractivity contribution in [3.63, 3.8) is 0 Å². The van der Waals surface area contributed by atoms with Gasteiger partial charge in [-0.3, -0.25) is 4.79 Å². The van der Waals surface area contributed by atoms with Crippen molar-refractivity contribution in [1.82, 2.24) is 4.98 Å². The number of phenols is 1. The number of nitrogens with one attached hydrogen (secondary N) is 1. The molecular formula is C28H26N2O9. The van der Waals surface area contributed by atoms with Crippen molar-refractivity contribution < 1.29 is 43.1 Å². The average Bonchev–Trinajstić information content (AvgIpc) is 3.58. The lowest BCUT2D eigenvalue weighted by atomic mass is 9.65. The molecule has 2 aromatic carbocycles. The molecule has 1 aliphatic carbocycles. The van der Waals surface area contributed by atoms with Gasteiger partial charge in [0.15, 0.2) is 23.0 Å². The number of carbonyl (C=O) groups is 2. The van der Waals surface area contributed by atoms with Crippen molar-refractivity contribution >= 4 is 17.8 Å². The molecule has 202 valence electrons. The number of aromatic hydroxyl groups is 1. The highest BCUT2D eigenvalue weighted by atomic mass is 16.7. The van der Waals surface area contributed by atoms with E-state index in [1.54, 1.807) is 24.3 Å². The van der Waals surface area contributed by atoms with E-state index in [2.05, 4.69) is 10.3 Å². The molecule has 3 aliphatic rings. The molecule has 0 spiro atoms. The second-order valence-electron chi connectivity index (χ2n) is 9.45. The topological polar surface area (TPSA) is 135 Å². The lowest BCUT2D eigenvalue weighted by Crippen LogP contribution is -2.37. The van der Waals surface area contributed by atoms with Crippen LogP contribution in [0.25, 0.3) is 0 Å². The Labute approximate surface area is 223 Å². The Morgan fingerprint density at radius 1 is 1.00 bits per heavy atom. The van der Waals surface area contributed by atoms with Gasteiger partial charge in [-0.2, -0.15) is 0 Å². The zero-order valence-electron chi connectivity index (χ0n) is 21.4. The molecule has 3 aromatic rings. The smallest absolute Gasteiger partial charge is 0.339 e. The second kappa shape index (κ2) is 9.57. The molecule has 11 nitrogen and oxygen atoms in total. The SMILES string of the molecule is COC(=O)c1ccc(N[C@@H]2c3cc4c(cc3[C@@H](c3cc(OC)c(O)c(OC)c3)[C@H]3C(=O)OC[C@@H]32)OCO4)nc1. The van der Waals surface area contributed by atoms with Gasteiger partial charge < -0.3 is 38.8 Å². The highest BCUT2D eigenvalue weighted by molar-refractivity contribution is 5.89. The second-order valence-corrected chi connectivity index (χ2v) is 9.45. The van der Waals surface area contributed by atoms with Crippen LogP contribution in [0, 0.1) is 11.8 Å². The van der Waals surface area contributed by atoms with Gasteiger partial charge in [0.05, 0.1) is 45.5 Å². The van der Waals surface area contributed by atoms with Gasteiger partial charge in [-0.25, -0.2) is 9.78 Å². The van der Waals surface area contributed by atoms with Crippen LogP contribution in [-0.4, -0.2) is 56.8 Å². The molecule has 0 bridgehead atoms. The molecular weight excluding hydrogens is 508 g/mol.